The van der Waals surface area contributed by atoms with Gasteiger partial charge in [0.1, 0.15) is 0 Å². The van der Waals surface area contributed by atoms with Crippen LogP contribution in [-0.2, 0) is 32.6 Å². The highest BCUT2D eigenvalue weighted by atomic mass is 32.1. The molecule has 0 bridgehead atoms. The fraction of sp³-hybridized carbons (Fsp3) is 0.458. The van der Waals surface area contributed by atoms with E-state index in [1.54, 1.807) is 11.3 Å². The smallest absolute Gasteiger partial charge is 0.313 e. The second kappa shape index (κ2) is 8.11. The molecule has 0 unspecified atom stereocenters. The Morgan fingerprint density at radius 2 is 1.81 bits per heavy atom. The van der Waals surface area contributed by atoms with E-state index in [0.717, 1.165) is 61.9 Å². The molecule has 3 heterocycles. The van der Waals surface area contributed by atoms with E-state index in [4.69, 9.17) is 0 Å². The Kier molecular flexibility index (Phi) is 5.30. The first-order valence-corrected chi connectivity index (χ1v) is 12.1. The third-order valence-electron chi connectivity index (χ3n) is 7.02. The summed E-state index contributed by atoms with van der Waals surface area (Å²) in [6.45, 7) is 1.25. The van der Waals surface area contributed by atoms with Crippen molar-refractivity contribution in [1.29, 1.82) is 0 Å². The van der Waals surface area contributed by atoms with Crippen LogP contribution in [0.4, 0.5) is 11.4 Å². The molecule has 3 amide bonds. The average Bonchev–Trinajstić information content (AvgIpc) is 3.47. The Labute approximate surface area is 186 Å². The van der Waals surface area contributed by atoms with Crippen molar-refractivity contribution < 1.29 is 14.4 Å². The van der Waals surface area contributed by atoms with Crippen molar-refractivity contribution in [2.45, 2.75) is 56.8 Å². The third kappa shape index (κ3) is 3.76. The Balaban J connectivity index is 1.27. The molecule has 0 radical (unpaired) electrons. The number of hydrogen-bond donors (Lipinski definition) is 2. The predicted molar refractivity (Wildman–Crippen MR) is 122 cm³/mol. The van der Waals surface area contributed by atoms with Crippen LogP contribution in [0.5, 0.6) is 0 Å². The fourth-order valence-electron chi connectivity index (χ4n) is 5.43. The normalized spacial score (nSPS) is 19.1. The summed E-state index contributed by atoms with van der Waals surface area (Å²) in [5, 5.41) is 9.90. The van der Waals surface area contributed by atoms with Crippen LogP contribution in [0.3, 0.4) is 0 Å². The first kappa shape index (κ1) is 20.2. The molecule has 1 saturated carbocycles. The van der Waals surface area contributed by atoms with Crippen LogP contribution < -0.4 is 15.5 Å². The number of nitrogens with zero attached hydrogens (tertiary/aromatic N) is 1. The van der Waals surface area contributed by atoms with Gasteiger partial charge in [-0.05, 0) is 77.8 Å². The topological polar surface area (TPSA) is 78.5 Å². The zero-order valence-corrected chi connectivity index (χ0v) is 18.4. The van der Waals surface area contributed by atoms with Crippen LogP contribution >= 0.6 is 11.3 Å². The minimum Gasteiger partial charge on any atom is -0.347 e. The molecule has 162 valence electrons. The Morgan fingerprint density at radius 1 is 1.03 bits per heavy atom. The maximum absolute atomic E-state index is 12.6. The number of rotatable bonds is 4. The van der Waals surface area contributed by atoms with Crippen molar-refractivity contribution in [1.82, 2.24) is 5.32 Å². The molecule has 6 nitrogen and oxygen atoms in total. The largest absolute Gasteiger partial charge is 0.347 e. The lowest BCUT2D eigenvalue weighted by Gasteiger charge is -2.35. The van der Waals surface area contributed by atoms with E-state index in [1.807, 2.05) is 17.0 Å². The maximum atomic E-state index is 12.6. The number of carbonyl (C=O) groups is 3. The highest BCUT2D eigenvalue weighted by molar-refractivity contribution is 7.08. The molecule has 1 fully saturated rings. The van der Waals surface area contributed by atoms with Crippen LogP contribution in [0.2, 0.25) is 0 Å². The summed E-state index contributed by atoms with van der Waals surface area (Å²) in [6, 6.07) is 5.96. The predicted octanol–water partition coefficient (Wildman–Crippen LogP) is 3.54. The first-order chi connectivity index (χ1) is 15.1. The van der Waals surface area contributed by atoms with Crippen LogP contribution in [0.1, 0.15) is 55.2 Å². The molecular weight excluding hydrogens is 410 g/mol. The van der Waals surface area contributed by atoms with Crippen molar-refractivity contribution in [2.24, 2.45) is 0 Å². The number of amides is 3. The molecule has 7 heteroatoms. The van der Waals surface area contributed by atoms with Gasteiger partial charge in [-0.15, -0.1) is 0 Å². The second-order valence-corrected chi connectivity index (χ2v) is 9.71. The van der Waals surface area contributed by atoms with E-state index in [1.165, 1.54) is 5.56 Å². The molecule has 2 N–H and O–H groups in total. The molecule has 3 aliphatic rings. The minimum atomic E-state index is -0.634. The molecule has 0 saturated heterocycles. The Bertz CT molecular complexity index is 1010. The van der Waals surface area contributed by atoms with Gasteiger partial charge in [0.25, 0.3) is 0 Å². The van der Waals surface area contributed by atoms with Gasteiger partial charge in [-0.25, -0.2) is 0 Å². The van der Waals surface area contributed by atoms with Gasteiger partial charge >= 0.3 is 11.8 Å². The Morgan fingerprint density at radius 3 is 2.55 bits per heavy atom. The lowest BCUT2D eigenvalue weighted by molar-refractivity contribution is -0.136. The van der Waals surface area contributed by atoms with Gasteiger partial charge in [0, 0.05) is 30.6 Å². The molecule has 1 aromatic carbocycles. The molecule has 2 aromatic rings. The van der Waals surface area contributed by atoms with Gasteiger partial charge in [0.05, 0.1) is 5.69 Å². The molecule has 1 aliphatic carbocycles. The fourth-order valence-corrected chi connectivity index (χ4v) is 6.21. The quantitative estimate of drug-likeness (QED) is 0.718. The van der Waals surface area contributed by atoms with Crippen molar-refractivity contribution in [3.05, 3.63) is 45.6 Å². The number of carbonyl (C=O) groups excluding carboxylic acids is 3. The van der Waals surface area contributed by atoms with E-state index in [0.29, 0.717) is 25.1 Å². The van der Waals surface area contributed by atoms with Gasteiger partial charge in [0.2, 0.25) is 5.91 Å². The molecule has 31 heavy (non-hydrogen) atoms. The summed E-state index contributed by atoms with van der Waals surface area (Å²) in [4.78, 5) is 39.3. The molecule has 2 aliphatic heterocycles. The average molecular weight is 438 g/mol. The number of aryl methyl sites for hydroxylation is 2. The van der Waals surface area contributed by atoms with Crippen molar-refractivity contribution in [2.75, 3.05) is 23.3 Å². The van der Waals surface area contributed by atoms with E-state index in [2.05, 4.69) is 27.5 Å². The highest BCUT2D eigenvalue weighted by Crippen LogP contribution is 2.41. The molecular formula is C24H27N3O3S. The van der Waals surface area contributed by atoms with E-state index in [-0.39, 0.29) is 11.3 Å². The molecule has 0 atom stereocenters. The zero-order chi connectivity index (χ0) is 21.4. The number of anilines is 2. The third-order valence-corrected chi connectivity index (χ3v) is 7.70. The standard InChI is InChI=1S/C24H27N3O3S/c28-20-6-5-17-13-19(12-16-4-3-10-27(20)21(16)17)26-23(30)22(29)25-15-24(8-1-2-9-24)18-7-11-31-14-18/h7,11-14H,1-6,8-10,15H2,(H,25,29)(H,26,30). The first-order valence-electron chi connectivity index (χ1n) is 11.1. The zero-order valence-electron chi connectivity index (χ0n) is 17.5. The van der Waals surface area contributed by atoms with E-state index in [9.17, 15) is 14.4 Å². The number of nitrogens with one attached hydrogen (secondary N) is 2. The van der Waals surface area contributed by atoms with Crippen molar-refractivity contribution in [3.8, 4) is 0 Å². The summed E-state index contributed by atoms with van der Waals surface area (Å²) in [5.41, 5.74) is 5.03. The van der Waals surface area contributed by atoms with Gasteiger partial charge in [-0.3, -0.25) is 14.4 Å². The monoisotopic (exact) mass is 437 g/mol. The van der Waals surface area contributed by atoms with Gasteiger partial charge in [-0.2, -0.15) is 11.3 Å². The summed E-state index contributed by atoms with van der Waals surface area (Å²) in [7, 11) is 0. The van der Waals surface area contributed by atoms with E-state index >= 15 is 0 Å². The van der Waals surface area contributed by atoms with Crippen LogP contribution in [0.25, 0.3) is 0 Å². The summed E-state index contributed by atoms with van der Waals surface area (Å²) < 4.78 is 0. The minimum absolute atomic E-state index is 0.0536. The lowest BCUT2D eigenvalue weighted by Crippen LogP contribution is -2.43. The van der Waals surface area contributed by atoms with Gasteiger partial charge in [-0.1, -0.05) is 12.8 Å². The molecule has 0 spiro atoms. The molecule has 1 aromatic heterocycles. The summed E-state index contributed by atoms with van der Waals surface area (Å²) in [6.07, 6.45) is 7.34. The molecule has 5 rings (SSSR count). The second-order valence-electron chi connectivity index (χ2n) is 8.93. The number of benzene rings is 1. The van der Waals surface area contributed by atoms with Crippen molar-refractivity contribution in [3.63, 3.8) is 0 Å². The number of thiophene rings is 1. The SMILES string of the molecule is O=C(NCC1(c2ccsc2)CCCC1)C(=O)Nc1cc2c3c(c1)CCC(=O)N3CCC2. The van der Waals surface area contributed by atoms with E-state index < -0.39 is 11.8 Å². The summed E-state index contributed by atoms with van der Waals surface area (Å²) in [5.74, 6) is -1.05. The van der Waals surface area contributed by atoms with Crippen LogP contribution in [0.15, 0.2) is 29.0 Å². The van der Waals surface area contributed by atoms with Crippen LogP contribution in [0, 0.1) is 0 Å². The van der Waals surface area contributed by atoms with Crippen LogP contribution in [-0.4, -0.2) is 30.8 Å². The van der Waals surface area contributed by atoms with Crippen molar-refractivity contribution >= 4 is 40.4 Å². The van der Waals surface area contributed by atoms with Gasteiger partial charge in [0.15, 0.2) is 0 Å². The highest BCUT2D eigenvalue weighted by Gasteiger charge is 2.37. The van der Waals surface area contributed by atoms with Gasteiger partial charge < -0.3 is 15.5 Å². The lowest BCUT2D eigenvalue weighted by atomic mass is 9.80. The summed E-state index contributed by atoms with van der Waals surface area (Å²) >= 11 is 1.67. The number of hydrogen-bond acceptors (Lipinski definition) is 4. The maximum Gasteiger partial charge on any atom is 0.313 e. The Hall–Kier alpha value is -2.67.